The van der Waals surface area contributed by atoms with E-state index in [1.54, 1.807) is 18.2 Å². The van der Waals surface area contributed by atoms with Gasteiger partial charge in [-0.2, -0.15) is 4.31 Å². The van der Waals surface area contributed by atoms with Crippen LogP contribution < -0.4 is 5.32 Å². The van der Waals surface area contributed by atoms with Crippen molar-refractivity contribution in [3.05, 3.63) is 29.0 Å². The highest BCUT2D eigenvalue weighted by molar-refractivity contribution is 7.89. The Hall–Kier alpha value is -2.41. The molecule has 1 aromatic carbocycles. The summed E-state index contributed by atoms with van der Waals surface area (Å²) in [5, 5.41) is 12.1. The molecule has 2 aromatic heterocycles. The van der Waals surface area contributed by atoms with Gasteiger partial charge in [-0.3, -0.25) is 4.79 Å². The van der Waals surface area contributed by atoms with Crippen LogP contribution in [0.25, 0.3) is 11.0 Å². The molecule has 1 aliphatic rings. The number of fused-ring (bicyclic) bond motifs is 1. The molecule has 1 fully saturated rings. The Bertz CT molecular complexity index is 1210. The first-order valence-corrected chi connectivity index (χ1v) is 12.9. The number of sulfonamides is 1. The van der Waals surface area contributed by atoms with Crippen LogP contribution in [-0.2, 0) is 38.9 Å². The standard InChI is InChI=1S/C20H26N6O4S2/c1-3-19-23-24-20(31-19)22-18(27)8-7-17-21-15-13-14(5-6-16(15)26(17)4-2)32(28,29)25-9-11-30-12-10-25/h5-6,13H,3-4,7-12H2,1-2H3,(H,22,24,27). The molecule has 1 amide bonds. The fourth-order valence-electron chi connectivity index (χ4n) is 3.65. The van der Waals surface area contributed by atoms with Crippen molar-refractivity contribution in [2.75, 3.05) is 31.6 Å². The van der Waals surface area contributed by atoms with Crippen molar-refractivity contribution in [1.82, 2.24) is 24.1 Å². The summed E-state index contributed by atoms with van der Waals surface area (Å²) in [4.78, 5) is 17.2. The van der Waals surface area contributed by atoms with Crippen LogP contribution in [0.3, 0.4) is 0 Å². The highest BCUT2D eigenvalue weighted by atomic mass is 32.2. The molecule has 0 atom stereocenters. The zero-order valence-electron chi connectivity index (χ0n) is 18.1. The number of anilines is 1. The van der Waals surface area contributed by atoms with Gasteiger partial charge in [-0.15, -0.1) is 10.2 Å². The molecular weight excluding hydrogens is 452 g/mol. The summed E-state index contributed by atoms with van der Waals surface area (Å²) in [5.41, 5.74) is 1.45. The molecule has 0 aliphatic carbocycles. The second-order valence-corrected chi connectivity index (χ2v) is 10.3. The maximum absolute atomic E-state index is 13.0. The minimum atomic E-state index is -3.60. The molecule has 12 heteroatoms. The Balaban J connectivity index is 1.51. The number of carbonyl (C=O) groups excluding carboxylic acids is 1. The lowest BCUT2D eigenvalue weighted by Gasteiger charge is -2.26. The number of benzene rings is 1. The SMILES string of the molecule is CCc1nnc(NC(=O)CCc2nc3cc(S(=O)(=O)N4CCOCC4)ccc3n2CC)s1. The molecule has 1 aliphatic heterocycles. The van der Waals surface area contributed by atoms with E-state index in [1.165, 1.54) is 15.6 Å². The number of carbonyl (C=O) groups is 1. The third kappa shape index (κ3) is 4.68. The van der Waals surface area contributed by atoms with Gasteiger partial charge in [0.1, 0.15) is 10.8 Å². The molecule has 3 heterocycles. The molecule has 0 bridgehead atoms. The lowest BCUT2D eigenvalue weighted by molar-refractivity contribution is -0.116. The Morgan fingerprint density at radius 2 is 2.00 bits per heavy atom. The van der Waals surface area contributed by atoms with E-state index in [0.29, 0.717) is 49.9 Å². The summed E-state index contributed by atoms with van der Waals surface area (Å²) >= 11 is 1.37. The van der Waals surface area contributed by atoms with Gasteiger partial charge in [0, 0.05) is 32.5 Å². The highest BCUT2D eigenvalue weighted by Gasteiger charge is 2.27. The van der Waals surface area contributed by atoms with E-state index in [-0.39, 0.29) is 17.2 Å². The van der Waals surface area contributed by atoms with Crippen molar-refractivity contribution in [3.8, 4) is 0 Å². The van der Waals surface area contributed by atoms with Crippen LogP contribution in [0.4, 0.5) is 5.13 Å². The third-order valence-corrected chi connectivity index (χ3v) is 8.19. The molecule has 0 saturated carbocycles. The van der Waals surface area contributed by atoms with E-state index in [1.807, 2.05) is 18.4 Å². The molecule has 1 N–H and O–H groups in total. The number of morpholine rings is 1. The van der Waals surface area contributed by atoms with E-state index in [2.05, 4.69) is 20.5 Å². The van der Waals surface area contributed by atoms with E-state index in [4.69, 9.17) is 4.74 Å². The maximum atomic E-state index is 13.0. The first kappa shape index (κ1) is 22.8. The van der Waals surface area contributed by atoms with Crippen LogP contribution in [0.1, 0.15) is 31.1 Å². The predicted molar refractivity (Wildman–Crippen MR) is 121 cm³/mol. The summed E-state index contributed by atoms with van der Waals surface area (Å²) in [6.45, 7) is 6.13. The van der Waals surface area contributed by atoms with Crippen LogP contribution in [-0.4, -0.2) is 64.7 Å². The van der Waals surface area contributed by atoms with Crippen LogP contribution in [0.5, 0.6) is 0 Å². The highest BCUT2D eigenvalue weighted by Crippen LogP contribution is 2.24. The number of hydrogen-bond acceptors (Lipinski definition) is 8. The zero-order valence-corrected chi connectivity index (χ0v) is 19.7. The molecular formula is C20H26N6O4S2. The number of nitrogens with zero attached hydrogens (tertiary/aromatic N) is 5. The van der Waals surface area contributed by atoms with Crippen LogP contribution >= 0.6 is 11.3 Å². The fraction of sp³-hybridized carbons (Fsp3) is 0.500. The number of hydrogen-bond donors (Lipinski definition) is 1. The molecule has 4 rings (SSSR count). The molecule has 10 nitrogen and oxygen atoms in total. The van der Waals surface area contributed by atoms with Crippen molar-refractivity contribution in [2.24, 2.45) is 0 Å². The summed E-state index contributed by atoms with van der Waals surface area (Å²) in [7, 11) is -3.60. The zero-order chi connectivity index (χ0) is 22.7. The smallest absolute Gasteiger partial charge is 0.243 e. The van der Waals surface area contributed by atoms with Gasteiger partial charge in [0.15, 0.2) is 0 Å². The number of rotatable bonds is 8. The van der Waals surface area contributed by atoms with Gasteiger partial charge >= 0.3 is 0 Å². The van der Waals surface area contributed by atoms with Gasteiger partial charge < -0.3 is 14.6 Å². The Labute approximate surface area is 190 Å². The molecule has 0 radical (unpaired) electrons. The van der Waals surface area contributed by atoms with Gasteiger partial charge in [0.05, 0.1) is 29.1 Å². The van der Waals surface area contributed by atoms with Crippen molar-refractivity contribution in [1.29, 1.82) is 0 Å². The van der Waals surface area contributed by atoms with Gasteiger partial charge in [0.2, 0.25) is 21.1 Å². The van der Waals surface area contributed by atoms with Gasteiger partial charge in [-0.1, -0.05) is 18.3 Å². The summed E-state index contributed by atoms with van der Waals surface area (Å²) in [5.74, 6) is 0.583. The summed E-state index contributed by atoms with van der Waals surface area (Å²) in [6, 6.07) is 5.03. The maximum Gasteiger partial charge on any atom is 0.243 e. The van der Waals surface area contributed by atoms with Gasteiger partial charge in [-0.05, 0) is 31.5 Å². The molecule has 1 saturated heterocycles. The normalized spacial score (nSPS) is 15.3. The van der Waals surface area contributed by atoms with Crippen molar-refractivity contribution in [2.45, 2.75) is 44.6 Å². The Morgan fingerprint density at radius 3 is 2.69 bits per heavy atom. The van der Waals surface area contributed by atoms with Gasteiger partial charge in [-0.25, -0.2) is 13.4 Å². The molecule has 3 aromatic rings. The van der Waals surface area contributed by atoms with E-state index < -0.39 is 10.0 Å². The third-order valence-electron chi connectivity index (χ3n) is 5.31. The Morgan fingerprint density at radius 1 is 1.22 bits per heavy atom. The minimum Gasteiger partial charge on any atom is -0.379 e. The monoisotopic (exact) mass is 478 g/mol. The van der Waals surface area contributed by atoms with Crippen molar-refractivity contribution in [3.63, 3.8) is 0 Å². The number of aryl methyl sites for hydroxylation is 3. The topological polar surface area (TPSA) is 119 Å². The van der Waals surface area contributed by atoms with E-state index in [0.717, 1.165) is 22.8 Å². The summed E-state index contributed by atoms with van der Waals surface area (Å²) < 4.78 is 34.7. The largest absolute Gasteiger partial charge is 0.379 e. The number of ether oxygens (including phenoxy) is 1. The van der Waals surface area contributed by atoms with Crippen molar-refractivity contribution < 1.29 is 17.9 Å². The first-order valence-electron chi connectivity index (χ1n) is 10.6. The summed E-state index contributed by atoms with van der Waals surface area (Å²) in [6.07, 6.45) is 1.44. The van der Waals surface area contributed by atoms with Gasteiger partial charge in [0.25, 0.3) is 0 Å². The van der Waals surface area contributed by atoms with Crippen LogP contribution in [0.15, 0.2) is 23.1 Å². The average Bonchev–Trinajstić information content (AvgIpc) is 3.41. The molecule has 32 heavy (non-hydrogen) atoms. The van der Waals surface area contributed by atoms with E-state index in [9.17, 15) is 13.2 Å². The average molecular weight is 479 g/mol. The fourth-order valence-corrected chi connectivity index (χ4v) is 5.78. The van der Waals surface area contributed by atoms with Crippen LogP contribution in [0.2, 0.25) is 0 Å². The first-order chi connectivity index (χ1) is 15.4. The molecule has 172 valence electrons. The number of imidazole rings is 1. The second kappa shape index (κ2) is 9.61. The van der Waals surface area contributed by atoms with Crippen molar-refractivity contribution >= 4 is 43.4 Å². The number of amides is 1. The van der Waals surface area contributed by atoms with E-state index >= 15 is 0 Å². The minimum absolute atomic E-state index is 0.158. The Kier molecular flexibility index (Phi) is 6.84. The lowest BCUT2D eigenvalue weighted by atomic mass is 10.3. The second-order valence-electron chi connectivity index (χ2n) is 7.34. The quantitative estimate of drug-likeness (QED) is 0.526. The van der Waals surface area contributed by atoms with Crippen LogP contribution in [0, 0.1) is 0 Å². The predicted octanol–water partition coefficient (Wildman–Crippen LogP) is 2.06. The number of nitrogens with one attached hydrogen (secondary N) is 1. The number of aromatic nitrogens is 4. The molecule has 0 unspecified atom stereocenters. The lowest BCUT2D eigenvalue weighted by Crippen LogP contribution is -2.40. The molecule has 0 spiro atoms.